The minimum atomic E-state index is -0.0672. The van der Waals surface area contributed by atoms with E-state index in [0.717, 1.165) is 36.3 Å². The summed E-state index contributed by atoms with van der Waals surface area (Å²) in [6, 6.07) is 13.2. The summed E-state index contributed by atoms with van der Waals surface area (Å²) in [4.78, 5) is 23.4. The van der Waals surface area contributed by atoms with Crippen molar-refractivity contribution in [2.75, 3.05) is 18.0 Å². The first-order chi connectivity index (χ1) is 13.7. The minimum Gasteiger partial charge on any atom is -0.348 e. The van der Waals surface area contributed by atoms with E-state index in [2.05, 4.69) is 30.4 Å². The molecule has 3 heterocycles. The predicted octanol–water partition coefficient (Wildman–Crippen LogP) is 2.64. The fourth-order valence-corrected chi connectivity index (χ4v) is 3.35. The lowest BCUT2D eigenvalue weighted by Crippen LogP contribution is -2.48. The van der Waals surface area contributed by atoms with Crippen LogP contribution in [0.2, 0.25) is 0 Å². The van der Waals surface area contributed by atoms with Crippen molar-refractivity contribution in [3.63, 3.8) is 0 Å². The molecule has 2 aromatic heterocycles. The number of nitrogens with one attached hydrogen (secondary N) is 1. The Hall–Kier alpha value is -3.35. The average Bonchev–Trinajstić information content (AvgIpc) is 2.75. The number of aromatic nitrogens is 4. The van der Waals surface area contributed by atoms with E-state index in [0.29, 0.717) is 18.1 Å². The van der Waals surface area contributed by atoms with Crippen LogP contribution in [-0.2, 0) is 0 Å². The Labute approximate surface area is 163 Å². The molecule has 0 bridgehead atoms. The largest absolute Gasteiger partial charge is 0.348 e. The van der Waals surface area contributed by atoms with Gasteiger partial charge >= 0.3 is 0 Å². The van der Waals surface area contributed by atoms with Crippen LogP contribution in [0.15, 0.2) is 54.9 Å². The molecule has 1 aliphatic rings. The van der Waals surface area contributed by atoms with Gasteiger partial charge in [-0.25, -0.2) is 9.97 Å². The number of hydrogen-bond acceptors (Lipinski definition) is 6. The molecule has 0 aliphatic carbocycles. The standard InChI is InChI=1S/C21H22N6O/c1-15-5-10-19(26-25-15)16-6-8-17(9-7-16)20(28)24-18-4-2-13-27(14-18)21-22-11-3-12-23-21/h3,5-12,18H,2,4,13-14H2,1H3,(H,24,28). The molecule has 1 aromatic carbocycles. The second-order valence-electron chi connectivity index (χ2n) is 6.94. The van der Waals surface area contributed by atoms with Gasteiger partial charge in [0.1, 0.15) is 0 Å². The zero-order chi connectivity index (χ0) is 19.3. The van der Waals surface area contributed by atoms with Crippen molar-refractivity contribution in [3.8, 4) is 11.3 Å². The number of anilines is 1. The molecule has 1 unspecified atom stereocenters. The van der Waals surface area contributed by atoms with Gasteiger partial charge in [0.05, 0.1) is 11.4 Å². The highest BCUT2D eigenvalue weighted by Crippen LogP contribution is 2.18. The smallest absolute Gasteiger partial charge is 0.251 e. The Morgan fingerprint density at radius 3 is 2.57 bits per heavy atom. The van der Waals surface area contributed by atoms with E-state index < -0.39 is 0 Å². The van der Waals surface area contributed by atoms with Gasteiger partial charge in [0, 0.05) is 42.7 Å². The van der Waals surface area contributed by atoms with Crippen molar-refractivity contribution in [1.29, 1.82) is 0 Å². The Balaban J connectivity index is 1.40. The van der Waals surface area contributed by atoms with E-state index in [1.807, 2.05) is 43.3 Å². The van der Waals surface area contributed by atoms with E-state index in [9.17, 15) is 4.79 Å². The molecule has 1 amide bonds. The second kappa shape index (κ2) is 8.12. The number of rotatable bonds is 4. The molecule has 0 radical (unpaired) electrons. The number of nitrogens with zero attached hydrogens (tertiary/aromatic N) is 5. The van der Waals surface area contributed by atoms with E-state index >= 15 is 0 Å². The highest BCUT2D eigenvalue weighted by atomic mass is 16.1. The van der Waals surface area contributed by atoms with E-state index in [-0.39, 0.29) is 11.9 Å². The van der Waals surface area contributed by atoms with E-state index in [1.54, 1.807) is 18.5 Å². The third-order valence-corrected chi connectivity index (χ3v) is 4.83. The van der Waals surface area contributed by atoms with Crippen LogP contribution in [0.25, 0.3) is 11.3 Å². The van der Waals surface area contributed by atoms with Crippen LogP contribution in [0.3, 0.4) is 0 Å². The number of benzene rings is 1. The lowest BCUT2D eigenvalue weighted by molar-refractivity contribution is 0.0933. The minimum absolute atomic E-state index is 0.0672. The van der Waals surface area contributed by atoms with Gasteiger partial charge in [-0.2, -0.15) is 10.2 Å². The maximum Gasteiger partial charge on any atom is 0.251 e. The van der Waals surface area contributed by atoms with Gasteiger partial charge in [0.15, 0.2) is 0 Å². The molecule has 142 valence electrons. The first-order valence-electron chi connectivity index (χ1n) is 9.42. The number of carbonyl (C=O) groups excluding carboxylic acids is 1. The monoisotopic (exact) mass is 374 g/mol. The molecule has 1 aliphatic heterocycles. The Kier molecular flexibility index (Phi) is 5.23. The van der Waals surface area contributed by atoms with Gasteiger partial charge in [0.25, 0.3) is 5.91 Å². The highest BCUT2D eigenvalue weighted by Gasteiger charge is 2.23. The molecule has 4 rings (SSSR count). The summed E-state index contributed by atoms with van der Waals surface area (Å²) < 4.78 is 0. The predicted molar refractivity (Wildman–Crippen MR) is 107 cm³/mol. The van der Waals surface area contributed by atoms with Gasteiger partial charge < -0.3 is 10.2 Å². The van der Waals surface area contributed by atoms with Crippen LogP contribution in [0.4, 0.5) is 5.95 Å². The Bertz CT molecular complexity index is 927. The molecular formula is C21H22N6O. The van der Waals surface area contributed by atoms with Gasteiger partial charge in [0.2, 0.25) is 5.95 Å². The highest BCUT2D eigenvalue weighted by molar-refractivity contribution is 5.94. The summed E-state index contributed by atoms with van der Waals surface area (Å²) >= 11 is 0. The lowest BCUT2D eigenvalue weighted by Gasteiger charge is -2.33. The SMILES string of the molecule is Cc1ccc(-c2ccc(C(=O)NC3CCCN(c4ncccn4)C3)cc2)nn1. The number of aryl methyl sites for hydroxylation is 1. The molecule has 7 nitrogen and oxygen atoms in total. The van der Waals surface area contributed by atoms with Gasteiger partial charge in [-0.3, -0.25) is 4.79 Å². The van der Waals surface area contributed by atoms with Crippen molar-refractivity contribution < 1.29 is 4.79 Å². The van der Waals surface area contributed by atoms with Crippen LogP contribution >= 0.6 is 0 Å². The molecule has 1 atom stereocenters. The van der Waals surface area contributed by atoms with Crippen molar-refractivity contribution in [1.82, 2.24) is 25.5 Å². The molecular weight excluding hydrogens is 352 g/mol. The summed E-state index contributed by atoms with van der Waals surface area (Å²) in [5.74, 6) is 0.646. The summed E-state index contributed by atoms with van der Waals surface area (Å²) in [5, 5.41) is 11.4. The molecule has 3 aromatic rings. The second-order valence-corrected chi connectivity index (χ2v) is 6.94. The molecule has 28 heavy (non-hydrogen) atoms. The molecule has 0 spiro atoms. The lowest BCUT2D eigenvalue weighted by atomic mass is 10.0. The number of piperidine rings is 1. The molecule has 1 saturated heterocycles. The topological polar surface area (TPSA) is 83.9 Å². The zero-order valence-electron chi connectivity index (χ0n) is 15.7. The quantitative estimate of drug-likeness (QED) is 0.756. The van der Waals surface area contributed by atoms with Crippen molar-refractivity contribution >= 4 is 11.9 Å². The number of carbonyl (C=O) groups is 1. The Morgan fingerprint density at radius 1 is 1.07 bits per heavy atom. The number of amides is 1. The van der Waals surface area contributed by atoms with Crippen LogP contribution in [0.5, 0.6) is 0 Å². The van der Waals surface area contributed by atoms with Crippen LogP contribution in [0, 0.1) is 6.92 Å². The van der Waals surface area contributed by atoms with E-state index in [1.165, 1.54) is 0 Å². The van der Waals surface area contributed by atoms with Crippen LogP contribution < -0.4 is 10.2 Å². The maximum absolute atomic E-state index is 12.7. The number of hydrogen-bond donors (Lipinski definition) is 1. The fraction of sp³-hybridized carbons (Fsp3) is 0.286. The molecule has 0 saturated carbocycles. The van der Waals surface area contributed by atoms with Crippen molar-refractivity contribution in [2.45, 2.75) is 25.8 Å². The summed E-state index contributed by atoms with van der Waals surface area (Å²) in [6.45, 7) is 3.52. The third-order valence-electron chi connectivity index (χ3n) is 4.83. The molecule has 1 N–H and O–H groups in total. The maximum atomic E-state index is 12.7. The summed E-state index contributed by atoms with van der Waals surface area (Å²) in [6.07, 6.45) is 5.43. The molecule has 1 fully saturated rings. The summed E-state index contributed by atoms with van der Waals surface area (Å²) in [5.41, 5.74) is 3.25. The van der Waals surface area contributed by atoms with Gasteiger partial charge in [-0.1, -0.05) is 12.1 Å². The normalized spacial score (nSPS) is 16.6. The Morgan fingerprint density at radius 2 is 1.86 bits per heavy atom. The average molecular weight is 374 g/mol. The summed E-state index contributed by atoms with van der Waals surface area (Å²) in [7, 11) is 0. The van der Waals surface area contributed by atoms with Crippen molar-refractivity contribution in [3.05, 3.63) is 66.1 Å². The van der Waals surface area contributed by atoms with Crippen LogP contribution in [-0.4, -0.2) is 45.2 Å². The first-order valence-corrected chi connectivity index (χ1v) is 9.42. The van der Waals surface area contributed by atoms with Gasteiger partial charge in [-0.05, 0) is 50.1 Å². The zero-order valence-corrected chi connectivity index (χ0v) is 15.7. The fourth-order valence-electron chi connectivity index (χ4n) is 3.35. The van der Waals surface area contributed by atoms with Gasteiger partial charge in [-0.15, -0.1) is 0 Å². The van der Waals surface area contributed by atoms with E-state index in [4.69, 9.17) is 0 Å². The van der Waals surface area contributed by atoms with Crippen LogP contribution in [0.1, 0.15) is 28.9 Å². The first kappa shape index (κ1) is 18.0. The third kappa shape index (κ3) is 4.14. The molecule has 7 heteroatoms. The van der Waals surface area contributed by atoms with Crippen molar-refractivity contribution in [2.24, 2.45) is 0 Å².